The zero-order valence-corrected chi connectivity index (χ0v) is 22.0. The Morgan fingerprint density at radius 1 is 0.842 bits per heavy atom. The quantitative estimate of drug-likeness (QED) is 0.334. The summed E-state index contributed by atoms with van der Waals surface area (Å²) in [7, 11) is 3.27. The molecule has 1 amide bonds. The van der Waals surface area contributed by atoms with Gasteiger partial charge in [0, 0.05) is 31.7 Å². The van der Waals surface area contributed by atoms with E-state index in [1.165, 1.54) is 0 Å². The summed E-state index contributed by atoms with van der Waals surface area (Å²) >= 11 is 0. The molecular formula is C30H32N4O4. The fourth-order valence-electron chi connectivity index (χ4n) is 4.66. The molecule has 38 heavy (non-hydrogen) atoms. The van der Waals surface area contributed by atoms with E-state index in [0.717, 1.165) is 53.0 Å². The Bertz CT molecular complexity index is 1370. The van der Waals surface area contributed by atoms with Crippen LogP contribution >= 0.6 is 0 Å². The highest BCUT2D eigenvalue weighted by Crippen LogP contribution is 2.30. The van der Waals surface area contributed by atoms with Crippen molar-refractivity contribution in [2.45, 2.75) is 6.92 Å². The largest absolute Gasteiger partial charge is 0.497 e. The lowest BCUT2D eigenvalue weighted by Crippen LogP contribution is -2.49. The van der Waals surface area contributed by atoms with Gasteiger partial charge in [0.15, 0.2) is 0 Å². The first-order valence-corrected chi connectivity index (χ1v) is 12.8. The summed E-state index contributed by atoms with van der Waals surface area (Å²) in [5.74, 6) is 2.33. The highest BCUT2D eigenvalue weighted by atomic mass is 16.5. The number of rotatable bonds is 8. The molecule has 196 valence electrons. The van der Waals surface area contributed by atoms with Gasteiger partial charge < -0.3 is 24.0 Å². The topological polar surface area (TPSA) is 69.1 Å². The fourth-order valence-corrected chi connectivity index (χ4v) is 4.66. The van der Waals surface area contributed by atoms with Gasteiger partial charge in [-0.2, -0.15) is 5.10 Å². The second-order valence-electron chi connectivity index (χ2n) is 8.93. The van der Waals surface area contributed by atoms with Crippen molar-refractivity contribution in [3.63, 3.8) is 0 Å². The number of para-hydroxylation sites is 2. The number of carbonyl (C=O) groups is 1. The number of nitrogens with zero attached hydrogens (tertiary/aromatic N) is 4. The van der Waals surface area contributed by atoms with Gasteiger partial charge in [-0.25, -0.2) is 4.68 Å². The molecule has 8 heteroatoms. The van der Waals surface area contributed by atoms with Crippen LogP contribution in [0.3, 0.4) is 0 Å². The van der Waals surface area contributed by atoms with Crippen molar-refractivity contribution in [3.05, 3.63) is 84.6 Å². The van der Waals surface area contributed by atoms with E-state index in [0.29, 0.717) is 25.4 Å². The normalized spacial score (nSPS) is 13.3. The van der Waals surface area contributed by atoms with Gasteiger partial charge in [0.05, 0.1) is 37.9 Å². The standard InChI is InChI=1S/C30H32N4O4/c1-4-38-29-8-6-5-7-27(29)32-17-19-33(20-18-32)30(35)28-21-26(22-9-13-24(36-2)14-10-22)31-34(28)23-11-15-25(37-3)16-12-23/h5-16,21H,4,17-20H2,1-3H3. The van der Waals surface area contributed by atoms with Gasteiger partial charge in [-0.3, -0.25) is 4.79 Å². The Kier molecular flexibility index (Phi) is 7.49. The average Bonchev–Trinajstić information content (AvgIpc) is 3.43. The van der Waals surface area contributed by atoms with Gasteiger partial charge in [-0.1, -0.05) is 12.1 Å². The third-order valence-corrected chi connectivity index (χ3v) is 6.70. The number of anilines is 1. The van der Waals surface area contributed by atoms with Gasteiger partial charge >= 0.3 is 0 Å². The Balaban J connectivity index is 1.41. The lowest BCUT2D eigenvalue weighted by atomic mass is 10.1. The molecule has 0 saturated carbocycles. The van der Waals surface area contributed by atoms with Gasteiger partial charge in [-0.15, -0.1) is 0 Å². The first kappa shape index (κ1) is 25.2. The van der Waals surface area contributed by atoms with Crippen molar-refractivity contribution < 1.29 is 19.0 Å². The van der Waals surface area contributed by atoms with Crippen molar-refractivity contribution in [3.8, 4) is 34.2 Å². The molecule has 0 spiro atoms. The predicted octanol–water partition coefficient (Wildman–Crippen LogP) is 4.92. The molecule has 2 heterocycles. The highest BCUT2D eigenvalue weighted by molar-refractivity contribution is 5.94. The number of benzene rings is 3. The number of aromatic nitrogens is 2. The van der Waals surface area contributed by atoms with Crippen LogP contribution in [0.5, 0.6) is 17.2 Å². The Morgan fingerprint density at radius 2 is 1.47 bits per heavy atom. The van der Waals surface area contributed by atoms with Gasteiger partial charge in [0.1, 0.15) is 22.9 Å². The maximum absolute atomic E-state index is 13.9. The third kappa shape index (κ3) is 5.16. The summed E-state index contributed by atoms with van der Waals surface area (Å²) in [4.78, 5) is 18.0. The van der Waals surface area contributed by atoms with E-state index in [9.17, 15) is 4.79 Å². The minimum atomic E-state index is -0.0502. The van der Waals surface area contributed by atoms with E-state index in [-0.39, 0.29) is 5.91 Å². The molecular weight excluding hydrogens is 480 g/mol. The monoisotopic (exact) mass is 512 g/mol. The molecule has 0 aliphatic carbocycles. The lowest BCUT2D eigenvalue weighted by molar-refractivity contribution is 0.0737. The number of amides is 1. The van der Waals surface area contributed by atoms with E-state index >= 15 is 0 Å². The van der Waals surface area contributed by atoms with Crippen LogP contribution in [0.2, 0.25) is 0 Å². The maximum atomic E-state index is 13.9. The molecule has 1 aliphatic rings. The Morgan fingerprint density at radius 3 is 2.11 bits per heavy atom. The summed E-state index contributed by atoms with van der Waals surface area (Å²) < 4.78 is 18.2. The fraction of sp³-hybridized carbons (Fsp3) is 0.267. The Labute approximate surface area is 223 Å². The van der Waals surface area contributed by atoms with Gasteiger partial charge in [0.2, 0.25) is 0 Å². The molecule has 5 rings (SSSR count). The van der Waals surface area contributed by atoms with Gasteiger partial charge in [0.25, 0.3) is 5.91 Å². The molecule has 0 bridgehead atoms. The van der Waals surface area contributed by atoms with Gasteiger partial charge in [-0.05, 0) is 73.7 Å². The minimum absolute atomic E-state index is 0.0502. The summed E-state index contributed by atoms with van der Waals surface area (Å²) in [5.41, 5.74) is 3.99. The van der Waals surface area contributed by atoms with Crippen molar-refractivity contribution in [2.75, 3.05) is 51.9 Å². The average molecular weight is 513 g/mol. The highest BCUT2D eigenvalue weighted by Gasteiger charge is 2.27. The number of ether oxygens (including phenoxy) is 3. The Hall–Kier alpha value is -4.46. The SMILES string of the molecule is CCOc1ccccc1N1CCN(C(=O)c2cc(-c3ccc(OC)cc3)nn2-c2ccc(OC)cc2)CC1. The van der Waals surface area contributed by atoms with Crippen LogP contribution in [0.25, 0.3) is 16.9 Å². The van der Waals surface area contributed by atoms with Crippen molar-refractivity contribution in [1.29, 1.82) is 0 Å². The minimum Gasteiger partial charge on any atom is -0.497 e. The molecule has 0 radical (unpaired) electrons. The predicted molar refractivity (Wildman–Crippen MR) is 148 cm³/mol. The number of hydrogen-bond donors (Lipinski definition) is 0. The molecule has 3 aromatic carbocycles. The van der Waals surface area contributed by atoms with Crippen molar-refractivity contribution in [2.24, 2.45) is 0 Å². The smallest absolute Gasteiger partial charge is 0.272 e. The lowest BCUT2D eigenvalue weighted by Gasteiger charge is -2.36. The third-order valence-electron chi connectivity index (χ3n) is 6.70. The first-order chi connectivity index (χ1) is 18.6. The second-order valence-corrected chi connectivity index (χ2v) is 8.93. The number of methoxy groups -OCH3 is 2. The van der Waals surface area contributed by atoms with Crippen LogP contribution in [0.1, 0.15) is 17.4 Å². The summed E-state index contributed by atoms with van der Waals surface area (Å²) in [6.45, 7) is 5.24. The summed E-state index contributed by atoms with van der Waals surface area (Å²) in [5, 5.41) is 4.83. The van der Waals surface area contributed by atoms with E-state index < -0.39 is 0 Å². The summed E-state index contributed by atoms with van der Waals surface area (Å²) in [6, 6.07) is 25.2. The zero-order chi connectivity index (χ0) is 26.5. The molecule has 0 N–H and O–H groups in total. The summed E-state index contributed by atoms with van der Waals surface area (Å²) in [6.07, 6.45) is 0. The van der Waals surface area contributed by atoms with Crippen molar-refractivity contribution >= 4 is 11.6 Å². The molecule has 0 unspecified atom stereocenters. The second kappa shape index (κ2) is 11.3. The molecule has 0 atom stereocenters. The number of piperazine rings is 1. The molecule has 1 saturated heterocycles. The zero-order valence-electron chi connectivity index (χ0n) is 22.0. The molecule has 1 aromatic heterocycles. The van der Waals surface area contributed by atoms with Crippen LogP contribution in [-0.2, 0) is 0 Å². The van der Waals surface area contributed by atoms with Crippen LogP contribution in [0.15, 0.2) is 78.9 Å². The van der Waals surface area contributed by atoms with E-state index in [4.69, 9.17) is 19.3 Å². The molecule has 1 fully saturated rings. The van der Waals surface area contributed by atoms with E-state index in [1.807, 2.05) is 84.6 Å². The molecule has 8 nitrogen and oxygen atoms in total. The van der Waals surface area contributed by atoms with Crippen LogP contribution < -0.4 is 19.1 Å². The van der Waals surface area contributed by atoms with Crippen LogP contribution in [0.4, 0.5) is 5.69 Å². The van der Waals surface area contributed by atoms with Crippen LogP contribution in [0, 0.1) is 0 Å². The maximum Gasteiger partial charge on any atom is 0.272 e. The first-order valence-electron chi connectivity index (χ1n) is 12.8. The molecule has 4 aromatic rings. The number of carbonyl (C=O) groups excluding carboxylic acids is 1. The van der Waals surface area contributed by atoms with E-state index in [2.05, 4.69) is 11.0 Å². The van der Waals surface area contributed by atoms with Crippen molar-refractivity contribution in [1.82, 2.24) is 14.7 Å². The number of hydrogen-bond acceptors (Lipinski definition) is 6. The van der Waals surface area contributed by atoms with Crippen LogP contribution in [-0.4, -0.2) is 67.6 Å². The molecule has 1 aliphatic heterocycles. The van der Waals surface area contributed by atoms with E-state index in [1.54, 1.807) is 18.9 Å².